The number of hydrogen-bond acceptors (Lipinski definition) is 1. The average molecular weight is 294 g/mol. The summed E-state index contributed by atoms with van der Waals surface area (Å²) < 4.78 is 0. The molecule has 0 heterocycles. The first-order valence-corrected chi connectivity index (χ1v) is 9.76. The minimum Gasteiger partial charge on any atom is -0.316 e. The van der Waals surface area contributed by atoms with E-state index in [1.165, 1.54) is 70.9 Å². The zero-order valence-corrected chi connectivity index (χ0v) is 15.1. The summed E-state index contributed by atoms with van der Waals surface area (Å²) in [6, 6.07) is 0. The van der Waals surface area contributed by atoms with Gasteiger partial charge in [0, 0.05) is 0 Å². The Labute approximate surface area is 133 Å². The first-order chi connectivity index (χ1) is 10.1. The van der Waals surface area contributed by atoms with Crippen molar-refractivity contribution in [2.45, 2.75) is 85.5 Å². The zero-order chi connectivity index (χ0) is 15.3. The van der Waals surface area contributed by atoms with Crippen LogP contribution in [0, 0.1) is 29.1 Å². The fraction of sp³-hybridized carbons (Fsp3) is 1.00. The molecule has 2 aliphatic rings. The molecule has 2 aliphatic carbocycles. The van der Waals surface area contributed by atoms with Crippen molar-refractivity contribution in [2.24, 2.45) is 29.1 Å². The van der Waals surface area contributed by atoms with Gasteiger partial charge in [-0.25, -0.2) is 0 Å². The van der Waals surface area contributed by atoms with Crippen LogP contribution in [0.5, 0.6) is 0 Å². The summed E-state index contributed by atoms with van der Waals surface area (Å²) in [5.74, 6) is 3.99. The molecule has 0 radical (unpaired) electrons. The lowest BCUT2D eigenvalue weighted by atomic mass is 9.60. The van der Waals surface area contributed by atoms with Crippen LogP contribution in [0.25, 0.3) is 0 Å². The van der Waals surface area contributed by atoms with E-state index < -0.39 is 0 Å². The molecule has 0 aliphatic heterocycles. The Morgan fingerprint density at radius 2 is 1.90 bits per heavy atom. The maximum atomic E-state index is 3.73. The lowest BCUT2D eigenvalue weighted by Crippen LogP contribution is -2.40. The van der Waals surface area contributed by atoms with E-state index in [1.807, 2.05) is 0 Å². The van der Waals surface area contributed by atoms with E-state index in [-0.39, 0.29) is 0 Å². The number of nitrogens with one attached hydrogen (secondary N) is 1. The van der Waals surface area contributed by atoms with Crippen molar-refractivity contribution in [1.82, 2.24) is 5.32 Å². The van der Waals surface area contributed by atoms with Gasteiger partial charge in [0.2, 0.25) is 0 Å². The molecule has 1 nitrogen and oxygen atoms in total. The van der Waals surface area contributed by atoms with E-state index in [9.17, 15) is 0 Å². The summed E-state index contributed by atoms with van der Waals surface area (Å²) >= 11 is 0. The zero-order valence-electron chi connectivity index (χ0n) is 15.1. The second kappa shape index (κ2) is 7.99. The van der Waals surface area contributed by atoms with Crippen molar-refractivity contribution >= 4 is 0 Å². The monoisotopic (exact) mass is 293 g/mol. The highest BCUT2D eigenvalue weighted by Gasteiger charge is 2.39. The summed E-state index contributed by atoms with van der Waals surface area (Å²) in [5, 5.41) is 3.73. The standard InChI is InChI=1S/C20H39N/c1-5-12-21-15-18-10-11-20(3,4)14-19(18)17-9-7-8-16(6-2)13-17/h16-19,21H,5-15H2,1-4H3. The molecule has 2 rings (SSSR count). The Hall–Kier alpha value is -0.0400. The summed E-state index contributed by atoms with van der Waals surface area (Å²) in [7, 11) is 0. The third-order valence-electron chi connectivity index (χ3n) is 6.43. The van der Waals surface area contributed by atoms with Crippen molar-refractivity contribution < 1.29 is 0 Å². The van der Waals surface area contributed by atoms with Crippen molar-refractivity contribution in [2.75, 3.05) is 13.1 Å². The second-order valence-electron chi connectivity index (χ2n) is 8.74. The topological polar surface area (TPSA) is 12.0 Å². The molecule has 124 valence electrons. The van der Waals surface area contributed by atoms with Gasteiger partial charge in [0.25, 0.3) is 0 Å². The van der Waals surface area contributed by atoms with Crippen LogP contribution >= 0.6 is 0 Å². The maximum absolute atomic E-state index is 3.73. The van der Waals surface area contributed by atoms with Gasteiger partial charge in [-0.3, -0.25) is 0 Å². The summed E-state index contributed by atoms with van der Waals surface area (Å²) in [6.07, 6.45) is 13.1. The highest BCUT2D eigenvalue weighted by atomic mass is 14.9. The van der Waals surface area contributed by atoms with Crippen LogP contribution in [0.4, 0.5) is 0 Å². The smallest absolute Gasteiger partial charge is 0.00178 e. The fourth-order valence-electron chi connectivity index (χ4n) is 5.06. The van der Waals surface area contributed by atoms with E-state index in [0.717, 1.165) is 23.7 Å². The molecule has 4 atom stereocenters. The summed E-state index contributed by atoms with van der Waals surface area (Å²) in [5.41, 5.74) is 0.588. The van der Waals surface area contributed by atoms with E-state index in [2.05, 4.69) is 33.0 Å². The first-order valence-electron chi connectivity index (χ1n) is 9.76. The molecule has 0 saturated heterocycles. The van der Waals surface area contributed by atoms with Gasteiger partial charge in [-0.15, -0.1) is 0 Å². The minimum atomic E-state index is 0.588. The predicted molar refractivity (Wildman–Crippen MR) is 93.5 cm³/mol. The second-order valence-corrected chi connectivity index (χ2v) is 8.74. The van der Waals surface area contributed by atoms with Gasteiger partial charge in [0.05, 0.1) is 0 Å². The van der Waals surface area contributed by atoms with Crippen LogP contribution in [0.3, 0.4) is 0 Å². The van der Waals surface area contributed by atoms with Gasteiger partial charge in [0.15, 0.2) is 0 Å². The number of hydrogen-bond donors (Lipinski definition) is 1. The molecule has 2 fully saturated rings. The Morgan fingerprint density at radius 1 is 1.10 bits per heavy atom. The highest BCUT2D eigenvalue weighted by molar-refractivity contribution is 4.91. The Balaban J connectivity index is 1.98. The Kier molecular flexibility index (Phi) is 6.59. The molecular formula is C20H39N. The van der Waals surface area contributed by atoms with E-state index in [1.54, 1.807) is 0 Å². The van der Waals surface area contributed by atoms with Gasteiger partial charge in [-0.1, -0.05) is 53.4 Å². The predicted octanol–water partition coefficient (Wildman–Crippen LogP) is 5.64. The third-order valence-corrected chi connectivity index (χ3v) is 6.43. The van der Waals surface area contributed by atoms with Crippen LogP contribution in [0.1, 0.15) is 85.5 Å². The van der Waals surface area contributed by atoms with Gasteiger partial charge < -0.3 is 5.32 Å². The summed E-state index contributed by atoms with van der Waals surface area (Å²) in [4.78, 5) is 0. The molecule has 1 heteroatoms. The van der Waals surface area contributed by atoms with Gasteiger partial charge in [0.1, 0.15) is 0 Å². The molecule has 0 spiro atoms. The van der Waals surface area contributed by atoms with Crippen LogP contribution in [0.2, 0.25) is 0 Å². The highest BCUT2D eigenvalue weighted by Crippen LogP contribution is 2.49. The van der Waals surface area contributed by atoms with Crippen LogP contribution < -0.4 is 5.32 Å². The molecule has 1 N–H and O–H groups in total. The molecule has 0 aromatic heterocycles. The lowest BCUT2D eigenvalue weighted by molar-refractivity contribution is 0.0463. The lowest BCUT2D eigenvalue weighted by Gasteiger charge is -2.46. The van der Waals surface area contributed by atoms with Gasteiger partial charge in [-0.2, -0.15) is 0 Å². The number of rotatable bonds is 6. The van der Waals surface area contributed by atoms with Crippen molar-refractivity contribution in [3.63, 3.8) is 0 Å². The largest absolute Gasteiger partial charge is 0.316 e. The van der Waals surface area contributed by atoms with E-state index >= 15 is 0 Å². The normalized spacial score (nSPS) is 36.6. The first kappa shape index (κ1) is 17.3. The molecule has 0 aromatic carbocycles. The summed E-state index contributed by atoms with van der Waals surface area (Å²) in [6.45, 7) is 12.2. The fourth-order valence-corrected chi connectivity index (χ4v) is 5.06. The Bertz CT molecular complexity index is 296. The minimum absolute atomic E-state index is 0.588. The molecule has 21 heavy (non-hydrogen) atoms. The molecular weight excluding hydrogens is 254 g/mol. The third kappa shape index (κ3) is 4.98. The van der Waals surface area contributed by atoms with Crippen molar-refractivity contribution in [3.8, 4) is 0 Å². The molecule has 0 aromatic rings. The average Bonchev–Trinajstić information content (AvgIpc) is 2.48. The molecule has 0 amide bonds. The quantitative estimate of drug-likeness (QED) is 0.624. The molecule has 2 saturated carbocycles. The van der Waals surface area contributed by atoms with Gasteiger partial charge >= 0.3 is 0 Å². The van der Waals surface area contributed by atoms with Crippen molar-refractivity contribution in [3.05, 3.63) is 0 Å². The van der Waals surface area contributed by atoms with E-state index in [0.29, 0.717) is 5.41 Å². The molecule has 4 unspecified atom stereocenters. The molecule has 0 bridgehead atoms. The van der Waals surface area contributed by atoms with Crippen LogP contribution in [0.15, 0.2) is 0 Å². The maximum Gasteiger partial charge on any atom is -0.00178 e. The van der Waals surface area contributed by atoms with Crippen LogP contribution in [-0.2, 0) is 0 Å². The Morgan fingerprint density at radius 3 is 2.62 bits per heavy atom. The SMILES string of the molecule is CCCNCC1CCC(C)(C)CC1C1CCCC(CC)C1. The van der Waals surface area contributed by atoms with Crippen molar-refractivity contribution in [1.29, 1.82) is 0 Å². The van der Waals surface area contributed by atoms with E-state index in [4.69, 9.17) is 0 Å². The van der Waals surface area contributed by atoms with Crippen LogP contribution in [-0.4, -0.2) is 13.1 Å². The van der Waals surface area contributed by atoms with Gasteiger partial charge in [-0.05, 0) is 74.3 Å².